The second kappa shape index (κ2) is 6.48. The Kier molecular flexibility index (Phi) is 4.28. The average Bonchev–Trinajstić information content (AvgIpc) is 2.95. The summed E-state index contributed by atoms with van der Waals surface area (Å²) in [6.07, 6.45) is 1.89. The molecule has 1 fully saturated rings. The molecule has 0 radical (unpaired) electrons. The van der Waals surface area contributed by atoms with Crippen molar-refractivity contribution in [1.29, 1.82) is 0 Å². The summed E-state index contributed by atoms with van der Waals surface area (Å²) in [5, 5.41) is 8.55. The minimum atomic E-state index is -3.20. The molecule has 1 aromatic carbocycles. The summed E-state index contributed by atoms with van der Waals surface area (Å²) in [6.45, 7) is 2.25. The Bertz CT molecular complexity index is 919. The summed E-state index contributed by atoms with van der Waals surface area (Å²) in [7, 11) is -3.20. The number of benzene rings is 1. The van der Waals surface area contributed by atoms with E-state index in [-0.39, 0.29) is 24.9 Å². The molecule has 26 heavy (non-hydrogen) atoms. The maximum Gasteiger partial charge on any atom is 0.228 e. The summed E-state index contributed by atoms with van der Waals surface area (Å²) in [5.41, 5.74) is 1.18. The van der Waals surface area contributed by atoms with Crippen molar-refractivity contribution < 1.29 is 13.2 Å². The van der Waals surface area contributed by atoms with Crippen LogP contribution in [0.5, 0.6) is 0 Å². The standard InChI is InChI=1S/C17H21N5O3S/c1-26(24,25)21-10-14(11-21)17(23)20-7-8-22-15(18-19-16(22)12-20)9-13-5-3-2-4-6-13/h2-6,14H,7-12H2,1H3. The number of rotatable bonds is 4. The first-order chi connectivity index (χ1) is 12.4. The minimum Gasteiger partial charge on any atom is -0.333 e. The Morgan fingerprint density at radius 2 is 1.88 bits per heavy atom. The summed E-state index contributed by atoms with van der Waals surface area (Å²) in [4.78, 5) is 14.4. The first kappa shape index (κ1) is 17.2. The normalized spacial score (nSPS) is 18.4. The van der Waals surface area contributed by atoms with Crippen LogP contribution < -0.4 is 0 Å². The van der Waals surface area contributed by atoms with Crippen molar-refractivity contribution in [3.05, 3.63) is 47.5 Å². The highest BCUT2D eigenvalue weighted by atomic mass is 32.2. The van der Waals surface area contributed by atoms with E-state index < -0.39 is 10.0 Å². The number of sulfonamides is 1. The fraction of sp³-hybridized carbons (Fsp3) is 0.471. The fourth-order valence-corrected chi connectivity index (χ4v) is 4.34. The number of hydrogen-bond acceptors (Lipinski definition) is 5. The van der Waals surface area contributed by atoms with Gasteiger partial charge in [-0.15, -0.1) is 10.2 Å². The monoisotopic (exact) mass is 375 g/mol. The molecule has 2 aliphatic heterocycles. The van der Waals surface area contributed by atoms with Gasteiger partial charge in [-0.05, 0) is 5.56 Å². The van der Waals surface area contributed by atoms with E-state index in [1.165, 1.54) is 16.1 Å². The van der Waals surface area contributed by atoms with Crippen molar-refractivity contribution in [2.45, 2.75) is 19.5 Å². The highest BCUT2D eigenvalue weighted by molar-refractivity contribution is 7.88. The van der Waals surface area contributed by atoms with Crippen LogP contribution in [0.2, 0.25) is 0 Å². The molecule has 0 aliphatic carbocycles. The molecule has 0 saturated carbocycles. The lowest BCUT2D eigenvalue weighted by molar-refractivity contribution is -0.140. The zero-order chi connectivity index (χ0) is 18.3. The molecule has 3 heterocycles. The first-order valence-corrected chi connectivity index (χ1v) is 10.5. The Balaban J connectivity index is 1.41. The van der Waals surface area contributed by atoms with E-state index in [1.807, 2.05) is 18.2 Å². The van der Waals surface area contributed by atoms with E-state index in [4.69, 9.17) is 0 Å². The van der Waals surface area contributed by atoms with Crippen LogP contribution in [0.4, 0.5) is 0 Å². The molecule has 9 heteroatoms. The molecule has 0 unspecified atom stereocenters. The molecular weight excluding hydrogens is 354 g/mol. The Morgan fingerprint density at radius 1 is 1.15 bits per heavy atom. The van der Waals surface area contributed by atoms with Gasteiger partial charge in [0, 0.05) is 32.6 Å². The van der Waals surface area contributed by atoms with Gasteiger partial charge in [-0.25, -0.2) is 12.7 Å². The highest BCUT2D eigenvalue weighted by Gasteiger charge is 2.40. The first-order valence-electron chi connectivity index (χ1n) is 8.60. The molecule has 1 aromatic heterocycles. The van der Waals surface area contributed by atoms with E-state index in [1.54, 1.807) is 4.90 Å². The summed E-state index contributed by atoms with van der Waals surface area (Å²) in [6, 6.07) is 10.1. The Morgan fingerprint density at radius 3 is 2.58 bits per heavy atom. The van der Waals surface area contributed by atoms with Gasteiger partial charge in [-0.2, -0.15) is 0 Å². The van der Waals surface area contributed by atoms with E-state index >= 15 is 0 Å². The lowest BCUT2D eigenvalue weighted by Crippen LogP contribution is -2.56. The number of aromatic nitrogens is 3. The molecule has 1 amide bonds. The van der Waals surface area contributed by atoms with E-state index in [0.29, 0.717) is 26.1 Å². The molecule has 0 spiro atoms. The van der Waals surface area contributed by atoms with Crippen LogP contribution in [0.15, 0.2) is 30.3 Å². The van der Waals surface area contributed by atoms with Gasteiger partial charge >= 0.3 is 0 Å². The van der Waals surface area contributed by atoms with E-state index in [0.717, 1.165) is 11.6 Å². The number of amides is 1. The third-order valence-corrected chi connectivity index (χ3v) is 6.25. The maximum atomic E-state index is 12.6. The average molecular weight is 375 g/mol. The van der Waals surface area contributed by atoms with Crippen LogP contribution in [0.1, 0.15) is 17.2 Å². The lowest BCUT2D eigenvalue weighted by Gasteiger charge is -2.39. The molecule has 138 valence electrons. The van der Waals surface area contributed by atoms with Crippen molar-refractivity contribution in [1.82, 2.24) is 24.0 Å². The van der Waals surface area contributed by atoms with Gasteiger partial charge in [0.1, 0.15) is 5.82 Å². The number of carbonyl (C=O) groups excluding carboxylic acids is 1. The zero-order valence-corrected chi connectivity index (χ0v) is 15.4. The van der Waals surface area contributed by atoms with E-state index in [2.05, 4.69) is 26.9 Å². The topological polar surface area (TPSA) is 88.4 Å². The number of nitrogens with zero attached hydrogens (tertiary/aromatic N) is 5. The molecule has 0 atom stereocenters. The van der Waals surface area contributed by atoms with Gasteiger partial charge in [-0.1, -0.05) is 30.3 Å². The molecule has 2 aromatic rings. The van der Waals surface area contributed by atoms with Gasteiger partial charge in [0.25, 0.3) is 0 Å². The Hall–Kier alpha value is -2.26. The van der Waals surface area contributed by atoms with Crippen LogP contribution >= 0.6 is 0 Å². The van der Waals surface area contributed by atoms with Gasteiger partial charge < -0.3 is 9.47 Å². The Labute approximate surface area is 152 Å². The molecule has 0 bridgehead atoms. The van der Waals surface area contributed by atoms with Gasteiger partial charge in [-0.3, -0.25) is 4.79 Å². The lowest BCUT2D eigenvalue weighted by atomic mass is 10.0. The number of fused-ring (bicyclic) bond motifs is 1. The third-order valence-electron chi connectivity index (χ3n) is 5.01. The van der Waals surface area contributed by atoms with Crippen molar-refractivity contribution in [3.63, 3.8) is 0 Å². The van der Waals surface area contributed by atoms with E-state index in [9.17, 15) is 13.2 Å². The predicted molar refractivity (Wildman–Crippen MR) is 94.6 cm³/mol. The van der Waals surface area contributed by atoms with Crippen LogP contribution in [-0.4, -0.2) is 64.2 Å². The van der Waals surface area contributed by atoms with Crippen LogP contribution in [0.25, 0.3) is 0 Å². The second-order valence-corrected chi connectivity index (χ2v) is 8.87. The molecule has 8 nitrogen and oxygen atoms in total. The maximum absolute atomic E-state index is 12.6. The fourth-order valence-electron chi connectivity index (χ4n) is 3.44. The number of carbonyl (C=O) groups is 1. The quantitative estimate of drug-likeness (QED) is 0.756. The highest BCUT2D eigenvalue weighted by Crippen LogP contribution is 2.23. The summed E-state index contributed by atoms with van der Waals surface area (Å²) >= 11 is 0. The third kappa shape index (κ3) is 3.24. The summed E-state index contributed by atoms with van der Waals surface area (Å²) < 4.78 is 26.3. The smallest absolute Gasteiger partial charge is 0.228 e. The zero-order valence-electron chi connectivity index (χ0n) is 14.6. The SMILES string of the molecule is CS(=O)(=O)N1CC(C(=O)N2CCn3c(Cc4ccccc4)nnc3C2)C1. The predicted octanol–water partition coefficient (Wildman–Crippen LogP) is 0.103. The van der Waals surface area contributed by atoms with Crippen LogP contribution in [-0.2, 0) is 34.3 Å². The van der Waals surface area contributed by atoms with Crippen molar-refractivity contribution in [2.24, 2.45) is 5.92 Å². The van der Waals surface area contributed by atoms with Gasteiger partial charge in [0.15, 0.2) is 5.82 Å². The molecule has 0 N–H and O–H groups in total. The van der Waals surface area contributed by atoms with Crippen molar-refractivity contribution in [3.8, 4) is 0 Å². The number of hydrogen-bond donors (Lipinski definition) is 0. The second-order valence-electron chi connectivity index (χ2n) is 6.88. The minimum absolute atomic E-state index is 0.00348. The van der Waals surface area contributed by atoms with Crippen molar-refractivity contribution in [2.75, 3.05) is 25.9 Å². The van der Waals surface area contributed by atoms with Crippen LogP contribution in [0.3, 0.4) is 0 Å². The molecule has 4 rings (SSSR count). The largest absolute Gasteiger partial charge is 0.333 e. The summed E-state index contributed by atoms with van der Waals surface area (Å²) in [5.74, 6) is 1.45. The van der Waals surface area contributed by atoms with Crippen LogP contribution in [0, 0.1) is 5.92 Å². The molecule has 2 aliphatic rings. The molecule has 1 saturated heterocycles. The van der Waals surface area contributed by atoms with Gasteiger partial charge in [0.2, 0.25) is 15.9 Å². The van der Waals surface area contributed by atoms with Gasteiger partial charge in [0.05, 0.1) is 18.7 Å². The van der Waals surface area contributed by atoms with Crippen molar-refractivity contribution >= 4 is 15.9 Å². The molecular formula is C17H21N5O3S.